The van der Waals surface area contributed by atoms with Gasteiger partial charge in [0.15, 0.2) is 11.1 Å². The smallest absolute Gasteiger partial charge is 0.174 e. The van der Waals surface area contributed by atoms with Crippen LogP contribution in [0.4, 0.5) is 0 Å². The topological polar surface area (TPSA) is 118 Å². The SMILES string of the molecule is [O-][Cl+3]([O-])([O-])[O-].c1ccc(Sc2nc(-c3ccccc3)nc(Sc3ccccc3)c2[P+](c2ccccc2)(c2ccccc2)c2ccccc2)cc1. The highest BCUT2D eigenvalue weighted by molar-refractivity contribution is 8.06. The molecule has 0 aliphatic carbocycles. The molecule has 0 N–H and O–H groups in total. The van der Waals surface area contributed by atoms with E-state index >= 15 is 0 Å². The van der Waals surface area contributed by atoms with E-state index in [1.165, 1.54) is 21.2 Å². The second-order valence-corrected chi connectivity index (χ2v) is 17.0. The molecule has 50 heavy (non-hydrogen) atoms. The molecule has 0 fully saturated rings. The maximum atomic E-state index is 8.49. The molecule has 0 saturated carbocycles. The normalized spacial score (nSPS) is 11.4. The highest BCUT2D eigenvalue weighted by Crippen LogP contribution is 2.58. The summed E-state index contributed by atoms with van der Waals surface area (Å²) >= 11 is 3.44. The van der Waals surface area contributed by atoms with Crippen LogP contribution in [0.2, 0.25) is 0 Å². The molecule has 6 aromatic carbocycles. The molecule has 7 rings (SSSR count). The van der Waals surface area contributed by atoms with E-state index in [4.69, 9.17) is 28.6 Å². The predicted octanol–water partition coefficient (Wildman–Crippen LogP) is 4.31. The number of hydrogen-bond acceptors (Lipinski definition) is 8. The molecule has 0 aliphatic heterocycles. The molecule has 0 saturated heterocycles. The van der Waals surface area contributed by atoms with E-state index < -0.39 is 17.5 Å². The lowest BCUT2D eigenvalue weighted by atomic mass is 10.2. The predicted molar refractivity (Wildman–Crippen MR) is 193 cm³/mol. The fourth-order valence-corrected chi connectivity index (χ4v) is 12.6. The van der Waals surface area contributed by atoms with Crippen molar-refractivity contribution in [1.29, 1.82) is 0 Å². The van der Waals surface area contributed by atoms with Gasteiger partial charge in [0.2, 0.25) is 0 Å². The summed E-state index contributed by atoms with van der Waals surface area (Å²) in [4.78, 5) is 13.2. The molecule has 0 spiro atoms. The molecule has 10 heteroatoms. The number of rotatable bonds is 9. The van der Waals surface area contributed by atoms with Gasteiger partial charge in [-0.25, -0.2) is 28.6 Å². The van der Waals surface area contributed by atoms with Gasteiger partial charge in [0.1, 0.15) is 33.2 Å². The van der Waals surface area contributed by atoms with Crippen LogP contribution >= 0.6 is 30.8 Å². The average Bonchev–Trinajstić information content (AvgIpc) is 3.15. The van der Waals surface area contributed by atoms with Gasteiger partial charge in [-0.15, -0.1) is 10.2 Å². The van der Waals surface area contributed by atoms with Gasteiger partial charge in [-0.3, -0.25) is 0 Å². The summed E-state index contributed by atoms with van der Waals surface area (Å²) in [6.07, 6.45) is 0. The number of hydrogen-bond donors (Lipinski definition) is 0. The molecule has 0 unspecified atom stereocenters. The van der Waals surface area contributed by atoms with Crippen molar-refractivity contribution >= 4 is 52.0 Å². The van der Waals surface area contributed by atoms with E-state index in [-0.39, 0.29) is 0 Å². The molecule has 1 heterocycles. The lowest BCUT2D eigenvalue weighted by Gasteiger charge is -2.30. The van der Waals surface area contributed by atoms with Gasteiger partial charge in [0, 0.05) is 15.4 Å². The van der Waals surface area contributed by atoms with Crippen LogP contribution < -0.4 is 39.9 Å². The molecule has 0 radical (unpaired) electrons. The van der Waals surface area contributed by atoms with E-state index in [9.17, 15) is 0 Å². The zero-order valence-electron chi connectivity index (χ0n) is 26.5. The Morgan fingerprint density at radius 1 is 0.400 bits per heavy atom. The Kier molecular flexibility index (Phi) is 11.8. The van der Waals surface area contributed by atoms with Crippen molar-refractivity contribution in [3.8, 4) is 11.4 Å². The van der Waals surface area contributed by atoms with Crippen molar-refractivity contribution in [2.75, 3.05) is 0 Å². The fourth-order valence-electron chi connectivity index (χ4n) is 5.55. The Bertz CT molecular complexity index is 1930. The summed E-state index contributed by atoms with van der Waals surface area (Å²) < 4.78 is 34.0. The van der Waals surface area contributed by atoms with Gasteiger partial charge >= 0.3 is 0 Å². The summed E-state index contributed by atoms with van der Waals surface area (Å²) in [5, 5.41) is 6.92. The van der Waals surface area contributed by atoms with E-state index in [0.717, 1.165) is 31.2 Å². The first kappa shape index (κ1) is 35.5. The van der Waals surface area contributed by atoms with Crippen LogP contribution in [-0.2, 0) is 0 Å². The first-order chi connectivity index (χ1) is 24.3. The Labute approximate surface area is 302 Å². The Balaban J connectivity index is 0.000000808. The van der Waals surface area contributed by atoms with Gasteiger partial charge in [0.05, 0.1) is 0 Å². The molecule has 0 bridgehead atoms. The summed E-state index contributed by atoms with van der Waals surface area (Å²) in [6, 6.07) is 64.4. The molecule has 0 aliphatic rings. The van der Waals surface area contributed by atoms with E-state index in [1.54, 1.807) is 23.5 Å². The van der Waals surface area contributed by atoms with Gasteiger partial charge in [0.25, 0.3) is 0 Å². The van der Waals surface area contributed by atoms with Crippen LogP contribution in [0, 0.1) is 10.2 Å². The van der Waals surface area contributed by atoms with Crippen LogP contribution in [0.15, 0.2) is 202 Å². The van der Waals surface area contributed by atoms with Gasteiger partial charge in [-0.1, -0.05) is 145 Å². The maximum Gasteiger partial charge on any atom is 0.174 e. The minimum absolute atomic E-state index is 0.725. The minimum atomic E-state index is -4.94. The quantitative estimate of drug-likeness (QED) is 0.159. The van der Waals surface area contributed by atoms with Crippen molar-refractivity contribution in [2.24, 2.45) is 0 Å². The molecule has 1 aromatic heterocycles. The largest absolute Gasteiger partial charge is 0.222 e. The van der Waals surface area contributed by atoms with Crippen LogP contribution in [0.25, 0.3) is 11.4 Å². The Morgan fingerprint density at radius 3 is 1.00 bits per heavy atom. The molecule has 7 aromatic rings. The van der Waals surface area contributed by atoms with Crippen LogP contribution in [0.3, 0.4) is 0 Å². The van der Waals surface area contributed by atoms with Crippen molar-refractivity contribution in [1.82, 2.24) is 9.97 Å². The zero-order valence-corrected chi connectivity index (χ0v) is 29.8. The average molecular weight is 733 g/mol. The highest BCUT2D eigenvalue weighted by atomic mass is 35.7. The molecule has 6 nitrogen and oxygen atoms in total. The highest BCUT2D eigenvalue weighted by Gasteiger charge is 2.52. The molecule has 0 amide bonds. The second kappa shape index (κ2) is 16.6. The zero-order chi connectivity index (χ0) is 34.8. The van der Waals surface area contributed by atoms with Crippen molar-refractivity contribution in [3.05, 3.63) is 182 Å². The maximum absolute atomic E-state index is 8.49. The van der Waals surface area contributed by atoms with Crippen molar-refractivity contribution < 1.29 is 28.9 Å². The monoisotopic (exact) mass is 732 g/mol. The van der Waals surface area contributed by atoms with Crippen molar-refractivity contribution in [2.45, 2.75) is 19.8 Å². The van der Waals surface area contributed by atoms with Crippen LogP contribution in [-0.4, -0.2) is 9.97 Å². The number of benzene rings is 6. The van der Waals surface area contributed by atoms with Gasteiger partial charge in [-0.05, 0) is 60.7 Å². The van der Waals surface area contributed by atoms with Gasteiger partial charge in [-0.2, -0.15) is 0 Å². The van der Waals surface area contributed by atoms with Crippen molar-refractivity contribution in [3.63, 3.8) is 0 Å². The molecule has 0 atom stereocenters. The third-order valence-electron chi connectivity index (χ3n) is 7.53. The first-order valence-electron chi connectivity index (χ1n) is 15.4. The number of aromatic nitrogens is 2. The van der Waals surface area contributed by atoms with Crippen LogP contribution in [0.1, 0.15) is 0 Å². The lowest BCUT2D eigenvalue weighted by molar-refractivity contribution is -2.00. The number of nitrogens with zero attached hydrogens (tertiary/aromatic N) is 2. The lowest BCUT2D eigenvalue weighted by Crippen LogP contribution is -2.68. The Morgan fingerprint density at radius 2 is 0.680 bits per heavy atom. The summed E-state index contributed by atoms with van der Waals surface area (Å²) in [6.45, 7) is 0. The van der Waals surface area contributed by atoms with Gasteiger partial charge < -0.3 is 0 Å². The first-order valence-corrected chi connectivity index (χ1v) is 20.1. The van der Waals surface area contributed by atoms with Crippen LogP contribution in [0.5, 0.6) is 0 Å². The number of halogens is 1. The molecule has 248 valence electrons. The summed E-state index contributed by atoms with van der Waals surface area (Å²) in [5.41, 5.74) is 0.997. The third-order valence-corrected chi connectivity index (χ3v) is 14.1. The summed E-state index contributed by atoms with van der Waals surface area (Å²) in [7, 11) is -7.48. The van der Waals surface area contributed by atoms with E-state index in [2.05, 4.69) is 176 Å². The molecular formula is C40H30ClN2O4PS2. The Hall–Kier alpha value is -4.34. The van der Waals surface area contributed by atoms with E-state index in [0.29, 0.717) is 0 Å². The second-order valence-electron chi connectivity index (χ2n) is 10.8. The standard InChI is InChI=1S/C40H30N2PS2.ClHO4/c1-7-19-31(20-8-1)38-41-39(44-35-27-15-5-16-28-35)37(40(42-38)45-36-29-17-6-18-30-36)43(32-21-9-2-10-22-32,33-23-11-3-12-24-33)34-25-13-4-14-26-34;2-1(3,4)5/h1-30H;(H,2,3,4,5)/q+1;/p-1. The molecular weight excluding hydrogens is 703 g/mol. The third kappa shape index (κ3) is 8.68. The van der Waals surface area contributed by atoms with E-state index in [1.807, 2.05) is 6.07 Å². The summed E-state index contributed by atoms with van der Waals surface area (Å²) in [5.74, 6) is 0.725. The minimum Gasteiger partial charge on any atom is -0.222 e. The fraction of sp³-hybridized carbons (Fsp3) is 0.